The van der Waals surface area contributed by atoms with Crippen LogP contribution in [0.2, 0.25) is 10.0 Å². The second kappa shape index (κ2) is 11.1. The van der Waals surface area contributed by atoms with Crippen molar-refractivity contribution in [3.05, 3.63) is 91.9 Å². The number of hydrogen-bond donors (Lipinski definition) is 1. The lowest BCUT2D eigenvalue weighted by molar-refractivity contribution is -0.123. The van der Waals surface area contributed by atoms with Gasteiger partial charge in [-0.3, -0.25) is 4.79 Å². The van der Waals surface area contributed by atoms with Crippen LogP contribution in [0.5, 0.6) is 11.5 Å². The Hall–Kier alpha value is -2.87. The molecule has 1 amide bonds. The van der Waals surface area contributed by atoms with Gasteiger partial charge in [0.1, 0.15) is 11.5 Å². The summed E-state index contributed by atoms with van der Waals surface area (Å²) in [4.78, 5) is 24.5. The van der Waals surface area contributed by atoms with Gasteiger partial charge in [-0.05, 0) is 55.5 Å². The van der Waals surface area contributed by atoms with Crippen LogP contribution in [0.25, 0.3) is 0 Å². The van der Waals surface area contributed by atoms with Crippen molar-refractivity contribution in [3.8, 4) is 11.5 Å². The van der Waals surface area contributed by atoms with Gasteiger partial charge >= 0.3 is 5.97 Å². The number of halogens is 3. The summed E-state index contributed by atoms with van der Waals surface area (Å²) in [5.74, 6) is -0.377. The first-order valence-electron chi connectivity index (χ1n) is 9.30. The monoisotopic (exact) mass is 534 g/mol. The van der Waals surface area contributed by atoms with Crippen molar-refractivity contribution >= 4 is 57.2 Å². The summed E-state index contributed by atoms with van der Waals surface area (Å²) in [6.07, 6.45) is 1.37. The molecule has 3 rings (SSSR count). The molecular formula is C23H17BrCl2N2O4. The fourth-order valence-electron chi connectivity index (χ4n) is 2.59. The molecule has 0 aliphatic carbocycles. The number of rotatable bonds is 7. The lowest BCUT2D eigenvalue weighted by Gasteiger charge is -2.09. The zero-order valence-corrected chi connectivity index (χ0v) is 19.9. The van der Waals surface area contributed by atoms with E-state index in [2.05, 4.69) is 26.5 Å². The molecule has 1 N–H and O–H groups in total. The van der Waals surface area contributed by atoms with E-state index in [-0.39, 0.29) is 6.61 Å². The van der Waals surface area contributed by atoms with Crippen molar-refractivity contribution in [1.82, 2.24) is 5.43 Å². The van der Waals surface area contributed by atoms with Crippen LogP contribution in [0, 0.1) is 6.92 Å². The average Bonchev–Trinajstić information content (AvgIpc) is 2.75. The molecule has 6 nitrogen and oxygen atoms in total. The van der Waals surface area contributed by atoms with Gasteiger partial charge in [0.25, 0.3) is 5.91 Å². The standard InChI is InChI=1S/C23H17BrCl2N2O4/c1-14-3-2-4-15(9-14)23(30)32-20-7-5-17(24)10-16(20)12-27-28-22(29)13-31-21-8-6-18(25)11-19(21)26/h2-12H,13H2,1H3,(H,28,29)/b27-12-. The molecule has 0 aliphatic rings. The van der Waals surface area contributed by atoms with E-state index < -0.39 is 11.9 Å². The highest BCUT2D eigenvalue weighted by atomic mass is 79.9. The summed E-state index contributed by atoms with van der Waals surface area (Å²) in [6, 6.07) is 16.8. The predicted octanol–water partition coefficient (Wildman–Crippen LogP) is 5.81. The number of benzene rings is 3. The molecule has 0 bridgehead atoms. The first-order valence-corrected chi connectivity index (χ1v) is 10.8. The van der Waals surface area contributed by atoms with E-state index in [4.69, 9.17) is 32.7 Å². The van der Waals surface area contributed by atoms with E-state index in [9.17, 15) is 9.59 Å². The van der Waals surface area contributed by atoms with Crippen molar-refractivity contribution in [1.29, 1.82) is 0 Å². The van der Waals surface area contributed by atoms with Crippen molar-refractivity contribution in [3.63, 3.8) is 0 Å². The highest BCUT2D eigenvalue weighted by molar-refractivity contribution is 9.10. The third kappa shape index (κ3) is 6.82. The minimum atomic E-state index is -0.499. The lowest BCUT2D eigenvalue weighted by Crippen LogP contribution is -2.24. The maximum Gasteiger partial charge on any atom is 0.343 e. The van der Waals surface area contributed by atoms with Crippen LogP contribution in [0.3, 0.4) is 0 Å². The summed E-state index contributed by atoms with van der Waals surface area (Å²) in [5.41, 5.74) is 4.22. The van der Waals surface area contributed by atoms with Crippen LogP contribution in [0.15, 0.2) is 70.2 Å². The first kappa shape index (κ1) is 23.8. The van der Waals surface area contributed by atoms with E-state index in [1.165, 1.54) is 12.3 Å². The highest BCUT2D eigenvalue weighted by Crippen LogP contribution is 2.27. The van der Waals surface area contributed by atoms with E-state index in [1.807, 2.05) is 13.0 Å². The first-order chi connectivity index (χ1) is 15.3. The van der Waals surface area contributed by atoms with Crippen molar-refractivity contribution in [2.45, 2.75) is 6.92 Å². The van der Waals surface area contributed by atoms with Gasteiger partial charge in [-0.15, -0.1) is 0 Å². The van der Waals surface area contributed by atoms with Gasteiger partial charge in [0.15, 0.2) is 6.61 Å². The Labute approximate surface area is 203 Å². The molecule has 0 radical (unpaired) electrons. The molecule has 0 unspecified atom stereocenters. The Morgan fingerprint density at radius 1 is 1.06 bits per heavy atom. The number of hydrogen-bond acceptors (Lipinski definition) is 5. The summed E-state index contributed by atoms with van der Waals surface area (Å²) in [6.45, 7) is 1.59. The fraction of sp³-hybridized carbons (Fsp3) is 0.0870. The Morgan fingerprint density at radius 2 is 1.84 bits per heavy atom. The molecule has 0 heterocycles. The van der Waals surface area contributed by atoms with Crippen LogP contribution in [-0.2, 0) is 4.79 Å². The molecule has 0 aliphatic heterocycles. The zero-order chi connectivity index (χ0) is 23.1. The Kier molecular flexibility index (Phi) is 8.27. The summed E-state index contributed by atoms with van der Waals surface area (Å²) < 4.78 is 11.6. The number of nitrogens with zero attached hydrogens (tertiary/aromatic N) is 1. The van der Waals surface area contributed by atoms with Crippen LogP contribution >= 0.6 is 39.1 Å². The second-order valence-electron chi connectivity index (χ2n) is 6.60. The van der Waals surface area contributed by atoms with Crippen LogP contribution in [0.4, 0.5) is 0 Å². The predicted molar refractivity (Wildman–Crippen MR) is 128 cm³/mol. The number of amides is 1. The summed E-state index contributed by atoms with van der Waals surface area (Å²) in [5, 5.41) is 4.67. The minimum absolute atomic E-state index is 0.293. The maximum absolute atomic E-state index is 12.5. The molecule has 0 aromatic heterocycles. The molecule has 0 saturated carbocycles. The van der Waals surface area contributed by atoms with Gasteiger partial charge in [0.2, 0.25) is 0 Å². The SMILES string of the molecule is Cc1cccc(C(=O)Oc2ccc(Br)cc2/C=N\NC(=O)COc2ccc(Cl)cc2Cl)c1. The molecule has 3 aromatic carbocycles. The molecule has 164 valence electrons. The fourth-order valence-corrected chi connectivity index (χ4v) is 3.43. The van der Waals surface area contributed by atoms with Crippen molar-refractivity contribution < 1.29 is 19.1 Å². The van der Waals surface area contributed by atoms with Gasteiger partial charge in [0, 0.05) is 15.1 Å². The van der Waals surface area contributed by atoms with Crippen molar-refractivity contribution in [2.24, 2.45) is 5.10 Å². The van der Waals surface area contributed by atoms with Crippen molar-refractivity contribution in [2.75, 3.05) is 6.61 Å². The van der Waals surface area contributed by atoms with E-state index in [0.29, 0.717) is 32.7 Å². The smallest absolute Gasteiger partial charge is 0.343 e. The number of ether oxygens (including phenoxy) is 2. The zero-order valence-electron chi connectivity index (χ0n) is 16.8. The molecule has 32 heavy (non-hydrogen) atoms. The van der Waals surface area contributed by atoms with Gasteiger partial charge in [0.05, 0.1) is 16.8 Å². The van der Waals surface area contributed by atoms with E-state index in [1.54, 1.807) is 48.5 Å². The molecule has 0 atom stereocenters. The molecule has 0 spiro atoms. The molecule has 3 aromatic rings. The second-order valence-corrected chi connectivity index (χ2v) is 8.36. The van der Waals surface area contributed by atoms with Gasteiger partial charge < -0.3 is 9.47 Å². The molecule has 9 heteroatoms. The number of esters is 1. The highest BCUT2D eigenvalue weighted by Gasteiger charge is 2.12. The maximum atomic E-state index is 12.5. The lowest BCUT2D eigenvalue weighted by atomic mass is 10.1. The van der Waals surface area contributed by atoms with E-state index in [0.717, 1.165) is 10.0 Å². The summed E-state index contributed by atoms with van der Waals surface area (Å²) in [7, 11) is 0. The number of carbonyl (C=O) groups is 2. The van der Waals surface area contributed by atoms with Gasteiger partial charge in [-0.25, -0.2) is 10.2 Å². The Morgan fingerprint density at radius 3 is 2.59 bits per heavy atom. The number of carbonyl (C=O) groups excluding carboxylic acids is 2. The Bertz CT molecular complexity index is 1180. The number of nitrogens with one attached hydrogen (secondary N) is 1. The third-order valence-electron chi connectivity index (χ3n) is 4.07. The Balaban J connectivity index is 1.63. The molecular weight excluding hydrogens is 519 g/mol. The number of hydrazone groups is 1. The van der Waals surface area contributed by atoms with E-state index >= 15 is 0 Å². The van der Waals surface area contributed by atoms with Gasteiger partial charge in [-0.2, -0.15) is 5.10 Å². The van der Waals surface area contributed by atoms with Crippen LogP contribution in [0.1, 0.15) is 21.5 Å². The quantitative estimate of drug-likeness (QED) is 0.179. The van der Waals surface area contributed by atoms with Crippen LogP contribution in [-0.4, -0.2) is 24.7 Å². The number of aryl methyl sites for hydroxylation is 1. The largest absolute Gasteiger partial charge is 0.482 e. The van der Waals surface area contributed by atoms with Crippen LogP contribution < -0.4 is 14.9 Å². The molecule has 0 saturated heterocycles. The normalized spacial score (nSPS) is 10.8. The topological polar surface area (TPSA) is 77.0 Å². The molecule has 0 fully saturated rings. The minimum Gasteiger partial charge on any atom is -0.482 e. The van der Waals surface area contributed by atoms with Gasteiger partial charge in [-0.1, -0.05) is 56.8 Å². The average molecular weight is 536 g/mol. The third-order valence-corrected chi connectivity index (χ3v) is 5.10. The summed E-state index contributed by atoms with van der Waals surface area (Å²) >= 11 is 15.2.